The summed E-state index contributed by atoms with van der Waals surface area (Å²) in [5, 5.41) is 11.4. The minimum atomic E-state index is -3.88. The molecule has 0 aliphatic carbocycles. The highest BCUT2D eigenvalue weighted by Crippen LogP contribution is 2.24. The van der Waals surface area contributed by atoms with Crippen molar-refractivity contribution in [3.63, 3.8) is 0 Å². The number of benzene rings is 2. The highest BCUT2D eigenvalue weighted by atomic mass is 35.5. The van der Waals surface area contributed by atoms with E-state index in [2.05, 4.69) is 10.0 Å². The van der Waals surface area contributed by atoms with E-state index in [1.54, 1.807) is 18.2 Å². The third kappa shape index (κ3) is 4.44. The van der Waals surface area contributed by atoms with Crippen molar-refractivity contribution in [1.82, 2.24) is 5.32 Å². The fourth-order valence-electron chi connectivity index (χ4n) is 1.82. The van der Waals surface area contributed by atoms with Crippen LogP contribution in [-0.4, -0.2) is 32.6 Å². The zero-order valence-electron chi connectivity index (χ0n) is 12.0. The van der Waals surface area contributed by atoms with Crippen LogP contribution in [0.25, 0.3) is 0 Å². The highest BCUT2D eigenvalue weighted by Gasteiger charge is 2.17. The number of halogens is 1. The fraction of sp³-hybridized carbons (Fsp3) is 0.133. The standard InChI is InChI=1S/C15H15ClN2O4S/c16-13-6-1-2-7-14(13)18-23(21,22)12-5-3-4-11(10-12)15(20)17-8-9-19/h1-7,10,18-19H,8-9H2,(H,17,20). The molecule has 0 bridgehead atoms. The van der Waals surface area contributed by atoms with E-state index in [0.29, 0.717) is 0 Å². The number of anilines is 1. The summed E-state index contributed by atoms with van der Waals surface area (Å²) in [6, 6.07) is 12.0. The Morgan fingerprint density at radius 2 is 1.87 bits per heavy atom. The van der Waals surface area contributed by atoms with Crippen LogP contribution >= 0.6 is 11.6 Å². The average molecular weight is 355 g/mol. The Morgan fingerprint density at radius 1 is 1.13 bits per heavy atom. The fourth-order valence-corrected chi connectivity index (χ4v) is 3.19. The zero-order chi connectivity index (χ0) is 16.9. The van der Waals surface area contributed by atoms with E-state index in [1.165, 1.54) is 30.3 Å². The Hall–Kier alpha value is -2.09. The number of aliphatic hydroxyl groups is 1. The van der Waals surface area contributed by atoms with Crippen LogP contribution < -0.4 is 10.0 Å². The van der Waals surface area contributed by atoms with Crippen LogP contribution in [0.4, 0.5) is 5.69 Å². The number of para-hydroxylation sites is 1. The molecule has 122 valence electrons. The van der Waals surface area contributed by atoms with Gasteiger partial charge in [-0.15, -0.1) is 0 Å². The van der Waals surface area contributed by atoms with Gasteiger partial charge in [-0.1, -0.05) is 29.8 Å². The van der Waals surface area contributed by atoms with Crippen LogP contribution in [0.2, 0.25) is 5.02 Å². The second-order valence-corrected chi connectivity index (χ2v) is 6.68. The SMILES string of the molecule is O=C(NCCO)c1cccc(S(=O)(=O)Nc2ccccc2Cl)c1. The predicted molar refractivity (Wildman–Crippen MR) is 88.1 cm³/mol. The van der Waals surface area contributed by atoms with Gasteiger partial charge in [0, 0.05) is 12.1 Å². The third-order valence-corrected chi connectivity index (χ3v) is 4.61. The highest BCUT2D eigenvalue weighted by molar-refractivity contribution is 7.92. The van der Waals surface area contributed by atoms with E-state index >= 15 is 0 Å². The average Bonchev–Trinajstić information content (AvgIpc) is 2.54. The Balaban J connectivity index is 2.27. The smallest absolute Gasteiger partial charge is 0.261 e. The molecule has 0 aliphatic rings. The number of amides is 1. The summed E-state index contributed by atoms with van der Waals surface area (Å²) in [6.07, 6.45) is 0. The minimum Gasteiger partial charge on any atom is -0.395 e. The molecule has 0 radical (unpaired) electrons. The summed E-state index contributed by atoms with van der Waals surface area (Å²) >= 11 is 5.94. The number of hydrogen-bond donors (Lipinski definition) is 3. The molecule has 2 rings (SSSR count). The van der Waals surface area contributed by atoms with Crippen LogP contribution in [0.15, 0.2) is 53.4 Å². The third-order valence-electron chi connectivity index (χ3n) is 2.92. The van der Waals surface area contributed by atoms with Crippen LogP contribution in [0.5, 0.6) is 0 Å². The lowest BCUT2D eigenvalue weighted by molar-refractivity contribution is 0.0944. The maximum Gasteiger partial charge on any atom is 0.261 e. The van der Waals surface area contributed by atoms with Gasteiger partial charge in [-0.05, 0) is 30.3 Å². The zero-order valence-corrected chi connectivity index (χ0v) is 13.6. The van der Waals surface area contributed by atoms with E-state index in [1.807, 2.05) is 0 Å². The van der Waals surface area contributed by atoms with Crippen LogP contribution in [0.3, 0.4) is 0 Å². The molecule has 0 saturated heterocycles. The van der Waals surface area contributed by atoms with Crippen LogP contribution in [0, 0.1) is 0 Å². The summed E-state index contributed by atoms with van der Waals surface area (Å²) in [6.45, 7) is -0.106. The molecule has 2 aromatic carbocycles. The Morgan fingerprint density at radius 3 is 2.57 bits per heavy atom. The summed E-state index contributed by atoms with van der Waals surface area (Å²) in [5.74, 6) is -0.464. The van der Waals surface area contributed by atoms with E-state index in [9.17, 15) is 13.2 Å². The van der Waals surface area contributed by atoms with Crippen molar-refractivity contribution in [3.05, 3.63) is 59.1 Å². The largest absolute Gasteiger partial charge is 0.395 e. The molecule has 0 heterocycles. The molecule has 0 aromatic heterocycles. The van der Waals surface area contributed by atoms with Gasteiger partial charge in [-0.25, -0.2) is 8.42 Å². The number of rotatable bonds is 6. The van der Waals surface area contributed by atoms with Gasteiger partial charge in [-0.2, -0.15) is 0 Å². The lowest BCUT2D eigenvalue weighted by atomic mass is 10.2. The monoisotopic (exact) mass is 354 g/mol. The van der Waals surface area contributed by atoms with Crippen molar-refractivity contribution in [2.75, 3.05) is 17.9 Å². The number of carbonyl (C=O) groups is 1. The number of aliphatic hydroxyl groups excluding tert-OH is 1. The predicted octanol–water partition coefficient (Wildman–Crippen LogP) is 1.86. The molecule has 2 aromatic rings. The summed E-state index contributed by atoms with van der Waals surface area (Å²) in [4.78, 5) is 11.8. The normalized spacial score (nSPS) is 11.0. The van der Waals surface area contributed by atoms with Crippen LogP contribution in [-0.2, 0) is 10.0 Å². The summed E-state index contributed by atoms with van der Waals surface area (Å²) < 4.78 is 27.2. The topological polar surface area (TPSA) is 95.5 Å². The molecule has 8 heteroatoms. The number of carbonyl (C=O) groups excluding carboxylic acids is 1. The first-order valence-electron chi connectivity index (χ1n) is 6.70. The minimum absolute atomic E-state index is 0.0610. The van der Waals surface area contributed by atoms with E-state index < -0.39 is 15.9 Å². The van der Waals surface area contributed by atoms with E-state index in [4.69, 9.17) is 16.7 Å². The van der Waals surface area contributed by atoms with E-state index in [-0.39, 0.29) is 34.3 Å². The second kappa shape index (κ2) is 7.45. The quantitative estimate of drug-likeness (QED) is 0.737. The van der Waals surface area contributed by atoms with Crippen LogP contribution in [0.1, 0.15) is 10.4 Å². The van der Waals surface area contributed by atoms with Gasteiger partial charge in [0.1, 0.15) is 0 Å². The Labute approximate surface area is 139 Å². The second-order valence-electron chi connectivity index (χ2n) is 4.59. The maximum absolute atomic E-state index is 12.4. The number of nitrogens with one attached hydrogen (secondary N) is 2. The summed E-state index contributed by atoms with van der Waals surface area (Å²) in [5.41, 5.74) is 0.435. The van der Waals surface area contributed by atoms with Crippen molar-refractivity contribution >= 4 is 33.2 Å². The molecule has 0 atom stereocenters. The molecule has 0 fully saturated rings. The van der Waals surface area contributed by atoms with Crippen molar-refractivity contribution in [2.24, 2.45) is 0 Å². The van der Waals surface area contributed by atoms with E-state index in [0.717, 1.165) is 0 Å². The molecule has 0 spiro atoms. The molecular formula is C15H15ClN2O4S. The number of hydrogen-bond acceptors (Lipinski definition) is 4. The molecule has 6 nitrogen and oxygen atoms in total. The lowest BCUT2D eigenvalue weighted by Crippen LogP contribution is -2.26. The summed E-state index contributed by atoms with van der Waals surface area (Å²) in [7, 11) is -3.88. The molecule has 0 saturated carbocycles. The van der Waals surface area contributed by atoms with Gasteiger partial charge < -0.3 is 10.4 Å². The van der Waals surface area contributed by atoms with Gasteiger partial charge in [0.25, 0.3) is 15.9 Å². The number of sulfonamides is 1. The van der Waals surface area contributed by atoms with Crippen molar-refractivity contribution < 1.29 is 18.3 Å². The van der Waals surface area contributed by atoms with Gasteiger partial charge in [-0.3, -0.25) is 9.52 Å². The first kappa shape index (κ1) is 17.3. The molecule has 0 unspecified atom stereocenters. The van der Waals surface area contributed by atoms with Gasteiger partial charge in [0.2, 0.25) is 0 Å². The lowest BCUT2D eigenvalue weighted by Gasteiger charge is -2.10. The first-order chi connectivity index (χ1) is 10.9. The molecule has 23 heavy (non-hydrogen) atoms. The van der Waals surface area contributed by atoms with Crippen molar-refractivity contribution in [1.29, 1.82) is 0 Å². The first-order valence-corrected chi connectivity index (χ1v) is 8.56. The van der Waals surface area contributed by atoms with Gasteiger partial charge in [0.15, 0.2) is 0 Å². The molecule has 0 aliphatic heterocycles. The molecular weight excluding hydrogens is 340 g/mol. The van der Waals surface area contributed by atoms with Gasteiger partial charge in [0.05, 0.1) is 22.2 Å². The van der Waals surface area contributed by atoms with Gasteiger partial charge >= 0.3 is 0 Å². The van der Waals surface area contributed by atoms with Crippen molar-refractivity contribution in [2.45, 2.75) is 4.90 Å². The Bertz CT molecular complexity index is 809. The maximum atomic E-state index is 12.4. The molecule has 1 amide bonds. The molecule has 3 N–H and O–H groups in total. The Kier molecular flexibility index (Phi) is 5.59. The van der Waals surface area contributed by atoms with Crippen molar-refractivity contribution in [3.8, 4) is 0 Å².